The van der Waals surface area contributed by atoms with Gasteiger partial charge < -0.3 is 4.79 Å². The van der Waals surface area contributed by atoms with Crippen molar-refractivity contribution in [1.82, 2.24) is 0 Å². The van der Waals surface area contributed by atoms with Crippen LogP contribution >= 0.6 is 11.8 Å². The molecule has 0 amide bonds. The zero-order chi connectivity index (χ0) is 7.40. The van der Waals surface area contributed by atoms with Gasteiger partial charge in [-0.1, -0.05) is 5.56 Å². The second-order valence-electron chi connectivity index (χ2n) is 2.03. The summed E-state index contributed by atoms with van der Waals surface area (Å²) in [6.07, 6.45) is 1.93. The second kappa shape index (κ2) is 5.95. The number of hydrogen-bond donors (Lipinski definition) is 0. The molecule has 0 spiro atoms. The largest absolute Gasteiger partial charge is 1.00 e. The molecule has 3 heteroatoms. The monoisotopic (exact) mass is 176 g/mol. The molecule has 0 bridgehead atoms. The fourth-order valence-corrected chi connectivity index (χ4v) is 1.20. The summed E-state index contributed by atoms with van der Waals surface area (Å²) in [5, 5.41) is 0. The Bertz CT molecular complexity index is 206. The predicted molar refractivity (Wildman–Crippen MR) is 44.7 cm³/mol. The quantitative estimate of drug-likeness (QED) is 0.332. The Morgan fingerprint density at radius 2 is 2.00 bits per heavy atom. The van der Waals surface area contributed by atoms with Crippen molar-refractivity contribution in [2.24, 2.45) is 0 Å². The van der Waals surface area contributed by atoms with E-state index >= 15 is 0 Å². The van der Waals surface area contributed by atoms with Gasteiger partial charge in [0.05, 0.1) is 0 Å². The van der Waals surface area contributed by atoms with E-state index in [4.69, 9.17) is 0 Å². The molecule has 1 rings (SSSR count). The van der Waals surface area contributed by atoms with Gasteiger partial charge in [0.1, 0.15) is 5.78 Å². The minimum Gasteiger partial charge on any atom is -0.308 e. The van der Waals surface area contributed by atoms with Crippen molar-refractivity contribution in [1.29, 1.82) is 0 Å². The summed E-state index contributed by atoms with van der Waals surface area (Å²) in [4.78, 5) is 11.1. The fourth-order valence-electron chi connectivity index (χ4n) is 0.774. The van der Waals surface area contributed by atoms with E-state index in [0.29, 0.717) is 5.75 Å². The second-order valence-corrected chi connectivity index (χ2v) is 2.90. The van der Waals surface area contributed by atoms with E-state index in [-0.39, 0.29) is 35.3 Å². The summed E-state index contributed by atoms with van der Waals surface area (Å²) < 4.78 is 0. The Kier molecular flexibility index (Phi) is 6.15. The standard InChI is InChI=1S/C8H9OS.Na/c1-10-6-8(9)7-4-2-3-5-7;/h2-5H,6H2,1H3;/q-1;+1. The summed E-state index contributed by atoms with van der Waals surface area (Å²) in [6.45, 7) is 0. The number of hydrogen-bond acceptors (Lipinski definition) is 2. The van der Waals surface area contributed by atoms with Crippen molar-refractivity contribution >= 4 is 17.5 Å². The third-order valence-electron chi connectivity index (χ3n) is 1.26. The average Bonchev–Trinajstić information content (AvgIpc) is 2.38. The van der Waals surface area contributed by atoms with Crippen LogP contribution in [0.5, 0.6) is 0 Å². The third-order valence-corrected chi connectivity index (χ3v) is 1.81. The Balaban J connectivity index is 0.000001000. The van der Waals surface area contributed by atoms with Gasteiger partial charge in [-0.2, -0.15) is 23.9 Å². The number of carbonyl (C=O) groups excluding carboxylic acids is 1. The maximum absolute atomic E-state index is 11.1. The zero-order valence-corrected chi connectivity index (χ0v) is 9.65. The predicted octanol–water partition coefficient (Wildman–Crippen LogP) is -1.04. The van der Waals surface area contributed by atoms with Crippen molar-refractivity contribution in [3.05, 3.63) is 29.8 Å². The summed E-state index contributed by atoms with van der Waals surface area (Å²) in [7, 11) is 0. The number of thioether (sulfide) groups is 1. The van der Waals surface area contributed by atoms with Gasteiger partial charge in [0.2, 0.25) is 0 Å². The van der Waals surface area contributed by atoms with Crippen molar-refractivity contribution in [3.8, 4) is 0 Å². The van der Waals surface area contributed by atoms with Crippen LogP contribution in [0.15, 0.2) is 24.3 Å². The minimum atomic E-state index is 0. The maximum Gasteiger partial charge on any atom is 1.00 e. The molecule has 0 aliphatic heterocycles. The van der Waals surface area contributed by atoms with E-state index in [9.17, 15) is 4.79 Å². The SMILES string of the molecule is CSCC(=O)[c-]1cccc1.[Na+]. The van der Waals surface area contributed by atoms with Gasteiger partial charge in [0, 0.05) is 5.75 Å². The molecule has 0 saturated heterocycles. The molecular weight excluding hydrogens is 167 g/mol. The van der Waals surface area contributed by atoms with Gasteiger partial charge in [-0.3, -0.25) is 0 Å². The van der Waals surface area contributed by atoms with Gasteiger partial charge in [-0.25, -0.2) is 12.1 Å². The Morgan fingerprint density at radius 3 is 2.45 bits per heavy atom. The van der Waals surface area contributed by atoms with E-state index in [2.05, 4.69) is 0 Å². The fraction of sp³-hybridized carbons (Fsp3) is 0.250. The normalized spacial score (nSPS) is 8.82. The van der Waals surface area contributed by atoms with Gasteiger partial charge in [-0.05, 0) is 6.26 Å². The first kappa shape index (κ1) is 11.4. The molecule has 0 aromatic heterocycles. The topological polar surface area (TPSA) is 17.1 Å². The van der Waals surface area contributed by atoms with Crippen LogP contribution in [0.4, 0.5) is 0 Å². The minimum absolute atomic E-state index is 0. The Hall–Kier alpha value is 0.370. The van der Waals surface area contributed by atoms with E-state index in [1.165, 1.54) is 0 Å². The first-order chi connectivity index (χ1) is 4.84. The zero-order valence-electron chi connectivity index (χ0n) is 6.83. The van der Waals surface area contributed by atoms with Crippen molar-refractivity contribution in [2.45, 2.75) is 0 Å². The van der Waals surface area contributed by atoms with Gasteiger partial charge in [0.15, 0.2) is 0 Å². The van der Waals surface area contributed by atoms with E-state index < -0.39 is 0 Å². The van der Waals surface area contributed by atoms with Crippen LogP contribution in [0.25, 0.3) is 0 Å². The van der Waals surface area contributed by atoms with Crippen LogP contribution < -0.4 is 29.6 Å². The van der Waals surface area contributed by atoms with Crippen LogP contribution in [-0.2, 0) is 0 Å². The van der Waals surface area contributed by atoms with Crippen LogP contribution in [0.1, 0.15) is 10.4 Å². The van der Waals surface area contributed by atoms with Crippen LogP contribution in [-0.4, -0.2) is 17.8 Å². The maximum atomic E-state index is 11.1. The molecule has 0 aliphatic carbocycles. The smallest absolute Gasteiger partial charge is 0.308 e. The van der Waals surface area contributed by atoms with Crippen molar-refractivity contribution in [2.75, 3.05) is 12.0 Å². The van der Waals surface area contributed by atoms with E-state index in [0.717, 1.165) is 5.56 Å². The molecule has 0 atom stereocenters. The van der Waals surface area contributed by atoms with Gasteiger partial charge in [-0.15, -0.1) is 0 Å². The molecule has 0 fully saturated rings. The Labute approximate surface area is 93.2 Å². The van der Waals surface area contributed by atoms with Crippen LogP contribution in [0.2, 0.25) is 0 Å². The van der Waals surface area contributed by atoms with Crippen molar-refractivity contribution < 1.29 is 34.4 Å². The number of carbonyl (C=O) groups is 1. The van der Waals surface area contributed by atoms with E-state index in [1.807, 2.05) is 30.5 Å². The molecular formula is C8H9NaOS. The Morgan fingerprint density at radius 1 is 1.45 bits per heavy atom. The number of ketones is 1. The van der Waals surface area contributed by atoms with Crippen LogP contribution in [0.3, 0.4) is 0 Å². The van der Waals surface area contributed by atoms with Gasteiger partial charge in [0.25, 0.3) is 0 Å². The molecule has 0 aliphatic rings. The third kappa shape index (κ3) is 3.52. The number of rotatable bonds is 3. The molecule has 1 aromatic rings. The average molecular weight is 176 g/mol. The molecule has 54 valence electrons. The van der Waals surface area contributed by atoms with Gasteiger partial charge >= 0.3 is 29.6 Å². The molecule has 11 heavy (non-hydrogen) atoms. The first-order valence-corrected chi connectivity index (χ1v) is 4.48. The molecule has 1 nitrogen and oxygen atoms in total. The van der Waals surface area contributed by atoms with E-state index in [1.54, 1.807) is 11.8 Å². The molecule has 0 heterocycles. The number of Topliss-reactive ketones (excluding diaryl/α,β-unsaturated/α-hetero) is 1. The van der Waals surface area contributed by atoms with Crippen LogP contribution in [0, 0.1) is 0 Å². The summed E-state index contributed by atoms with van der Waals surface area (Å²) in [5.74, 6) is 0.807. The first-order valence-electron chi connectivity index (χ1n) is 3.08. The molecule has 0 saturated carbocycles. The summed E-state index contributed by atoms with van der Waals surface area (Å²) >= 11 is 1.56. The summed E-state index contributed by atoms with van der Waals surface area (Å²) in [6, 6.07) is 7.46. The summed E-state index contributed by atoms with van der Waals surface area (Å²) in [5.41, 5.74) is 0.828. The van der Waals surface area contributed by atoms with Crippen molar-refractivity contribution in [3.63, 3.8) is 0 Å². The molecule has 0 radical (unpaired) electrons. The molecule has 0 N–H and O–H groups in total. The molecule has 0 unspecified atom stereocenters. The molecule has 1 aromatic carbocycles.